The van der Waals surface area contributed by atoms with Gasteiger partial charge in [-0.3, -0.25) is 0 Å². The van der Waals surface area contributed by atoms with Crippen molar-refractivity contribution >= 4 is 11.8 Å². The van der Waals surface area contributed by atoms with E-state index >= 15 is 0 Å². The van der Waals surface area contributed by atoms with Crippen LogP contribution in [0.15, 0.2) is 38.8 Å². The van der Waals surface area contributed by atoms with Crippen molar-refractivity contribution in [3.8, 4) is 0 Å². The first kappa shape index (κ1) is 14.1. The molecule has 0 aliphatic rings. The van der Waals surface area contributed by atoms with Gasteiger partial charge in [-0.05, 0) is 35.9 Å². The predicted molar refractivity (Wildman–Crippen MR) is 76.1 cm³/mol. The van der Waals surface area contributed by atoms with Gasteiger partial charge in [-0.1, -0.05) is 32.0 Å². The van der Waals surface area contributed by atoms with Crippen LogP contribution < -0.4 is 5.32 Å². The highest BCUT2D eigenvalue weighted by molar-refractivity contribution is 7.99. The minimum Gasteiger partial charge on any atom is -0.416 e. The van der Waals surface area contributed by atoms with Crippen molar-refractivity contribution in [1.29, 1.82) is 0 Å². The fourth-order valence-electron chi connectivity index (χ4n) is 1.66. The lowest BCUT2D eigenvalue weighted by Gasteiger charge is -2.10. The molecule has 0 atom stereocenters. The number of hydrogen-bond donors (Lipinski definition) is 1. The van der Waals surface area contributed by atoms with Gasteiger partial charge in [-0.2, -0.15) is 0 Å². The zero-order valence-corrected chi connectivity index (χ0v) is 12.3. The highest BCUT2D eigenvalue weighted by Crippen LogP contribution is 2.29. The average Bonchev–Trinajstić information content (AvgIpc) is 2.77. The summed E-state index contributed by atoms with van der Waals surface area (Å²) in [6.45, 7) is 8.07. The van der Waals surface area contributed by atoms with Crippen LogP contribution >= 0.6 is 11.8 Å². The first-order valence-corrected chi connectivity index (χ1v) is 7.23. The predicted octanol–water partition coefficient (Wildman–Crippen LogP) is 3.27. The van der Waals surface area contributed by atoms with Crippen LogP contribution in [0.3, 0.4) is 0 Å². The number of aryl methyl sites for hydroxylation is 1. The molecule has 0 spiro atoms. The summed E-state index contributed by atoms with van der Waals surface area (Å²) in [5.41, 5.74) is 1.25. The van der Waals surface area contributed by atoms with Crippen molar-refractivity contribution < 1.29 is 4.42 Å². The lowest BCUT2D eigenvalue weighted by molar-refractivity contribution is 0.429. The Morgan fingerprint density at radius 3 is 2.74 bits per heavy atom. The first-order valence-electron chi connectivity index (χ1n) is 6.41. The van der Waals surface area contributed by atoms with Gasteiger partial charge >= 0.3 is 0 Å². The van der Waals surface area contributed by atoms with Crippen molar-refractivity contribution in [2.75, 3.05) is 6.54 Å². The second kappa shape index (κ2) is 6.73. The standard InChI is InChI=1S/C14H19N3OS/c1-10(2)8-15-9-12-6-4-5-7-13(12)19-14-17-16-11(3)18-14/h4-7,10,15H,8-9H2,1-3H3. The zero-order chi connectivity index (χ0) is 13.7. The largest absolute Gasteiger partial charge is 0.416 e. The molecule has 1 aromatic heterocycles. The Kier molecular flexibility index (Phi) is 4.99. The normalized spacial score (nSPS) is 11.2. The number of nitrogens with zero attached hydrogens (tertiary/aromatic N) is 2. The SMILES string of the molecule is Cc1nnc(Sc2ccccc2CNCC(C)C)o1. The van der Waals surface area contributed by atoms with Gasteiger partial charge in [0.15, 0.2) is 0 Å². The average molecular weight is 277 g/mol. The minimum atomic E-state index is 0.591. The number of nitrogens with one attached hydrogen (secondary N) is 1. The van der Waals surface area contributed by atoms with Crippen LogP contribution in [0.2, 0.25) is 0 Å². The van der Waals surface area contributed by atoms with Crippen LogP contribution in [0.4, 0.5) is 0 Å². The topological polar surface area (TPSA) is 51.0 Å². The molecule has 0 fully saturated rings. The molecule has 0 saturated heterocycles. The molecular weight excluding hydrogens is 258 g/mol. The summed E-state index contributed by atoms with van der Waals surface area (Å²) in [7, 11) is 0. The van der Waals surface area contributed by atoms with Gasteiger partial charge in [0, 0.05) is 18.4 Å². The van der Waals surface area contributed by atoms with E-state index in [9.17, 15) is 0 Å². The second-order valence-corrected chi connectivity index (χ2v) is 5.81. The van der Waals surface area contributed by atoms with Gasteiger partial charge in [0.05, 0.1) is 0 Å². The first-order chi connectivity index (χ1) is 9.15. The molecule has 0 amide bonds. The van der Waals surface area contributed by atoms with Crippen LogP contribution in [-0.4, -0.2) is 16.7 Å². The Labute approximate surface area is 118 Å². The number of hydrogen-bond acceptors (Lipinski definition) is 5. The van der Waals surface area contributed by atoms with Crippen LogP contribution in [0.5, 0.6) is 0 Å². The highest BCUT2D eigenvalue weighted by Gasteiger charge is 2.08. The molecule has 5 heteroatoms. The highest BCUT2D eigenvalue weighted by atomic mass is 32.2. The molecule has 0 aliphatic heterocycles. The number of benzene rings is 1. The fraction of sp³-hybridized carbons (Fsp3) is 0.429. The second-order valence-electron chi connectivity index (χ2n) is 4.82. The molecule has 0 unspecified atom stereocenters. The smallest absolute Gasteiger partial charge is 0.281 e. The molecule has 0 radical (unpaired) electrons. The Balaban J connectivity index is 2.03. The Bertz CT molecular complexity index is 525. The molecule has 0 saturated carbocycles. The van der Waals surface area contributed by atoms with Gasteiger partial charge in [-0.25, -0.2) is 0 Å². The quantitative estimate of drug-likeness (QED) is 0.878. The van der Waals surface area contributed by atoms with E-state index in [0.717, 1.165) is 18.0 Å². The summed E-state index contributed by atoms with van der Waals surface area (Å²) in [5, 5.41) is 11.9. The van der Waals surface area contributed by atoms with E-state index in [0.29, 0.717) is 17.0 Å². The van der Waals surface area contributed by atoms with E-state index in [4.69, 9.17) is 4.42 Å². The molecule has 2 aromatic rings. The van der Waals surface area contributed by atoms with Crippen LogP contribution in [-0.2, 0) is 6.54 Å². The third kappa shape index (κ3) is 4.36. The van der Waals surface area contributed by atoms with Crippen molar-refractivity contribution in [2.45, 2.75) is 37.4 Å². The lowest BCUT2D eigenvalue weighted by Crippen LogP contribution is -2.19. The molecule has 19 heavy (non-hydrogen) atoms. The summed E-state index contributed by atoms with van der Waals surface area (Å²) < 4.78 is 5.41. The fourth-order valence-corrected chi connectivity index (χ4v) is 2.51. The third-order valence-corrected chi connectivity index (χ3v) is 3.50. The summed E-state index contributed by atoms with van der Waals surface area (Å²) in [5.74, 6) is 1.25. The van der Waals surface area contributed by atoms with Gasteiger partial charge in [0.1, 0.15) is 0 Å². The summed E-state index contributed by atoms with van der Waals surface area (Å²) >= 11 is 1.51. The minimum absolute atomic E-state index is 0.591. The Hall–Kier alpha value is -1.33. The maximum Gasteiger partial charge on any atom is 0.281 e. The molecule has 2 rings (SSSR count). The van der Waals surface area contributed by atoms with Gasteiger partial charge in [0.25, 0.3) is 5.22 Å². The van der Waals surface area contributed by atoms with Gasteiger partial charge in [0.2, 0.25) is 5.89 Å². The van der Waals surface area contributed by atoms with E-state index in [1.807, 2.05) is 6.07 Å². The molecular formula is C14H19N3OS. The Morgan fingerprint density at radius 1 is 1.26 bits per heavy atom. The maximum absolute atomic E-state index is 5.41. The number of rotatable bonds is 6. The summed E-state index contributed by atoms with van der Waals surface area (Å²) in [4.78, 5) is 1.16. The van der Waals surface area contributed by atoms with Crippen LogP contribution in [0.1, 0.15) is 25.3 Å². The molecule has 102 valence electrons. The van der Waals surface area contributed by atoms with E-state index in [1.54, 1.807) is 6.92 Å². The van der Waals surface area contributed by atoms with Crippen molar-refractivity contribution in [3.05, 3.63) is 35.7 Å². The molecule has 1 N–H and O–H groups in total. The van der Waals surface area contributed by atoms with E-state index in [-0.39, 0.29) is 0 Å². The monoisotopic (exact) mass is 277 g/mol. The van der Waals surface area contributed by atoms with Crippen molar-refractivity contribution in [2.24, 2.45) is 5.92 Å². The number of aromatic nitrogens is 2. The van der Waals surface area contributed by atoms with E-state index in [1.165, 1.54) is 17.3 Å². The van der Waals surface area contributed by atoms with Crippen LogP contribution in [0, 0.1) is 12.8 Å². The van der Waals surface area contributed by atoms with Gasteiger partial charge < -0.3 is 9.73 Å². The molecule has 0 aliphatic carbocycles. The van der Waals surface area contributed by atoms with Crippen LogP contribution in [0.25, 0.3) is 0 Å². The maximum atomic E-state index is 5.41. The summed E-state index contributed by atoms with van der Waals surface area (Å²) in [6, 6.07) is 8.28. The summed E-state index contributed by atoms with van der Waals surface area (Å²) in [6.07, 6.45) is 0. The third-order valence-electron chi connectivity index (χ3n) is 2.55. The van der Waals surface area contributed by atoms with E-state index in [2.05, 4.69) is 47.6 Å². The van der Waals surface area contributed by atoms with Crippen molar-refractivity contribution in [1.82, 2.24) is 15.5 Å². The Morgan fingerprint density at radius 2 is 2.05 bits per heavy atom. The molecule has 0 bridgehead atoms. The molecule has 1 aromatic carbocycles. The van der Waals surface area contributed by atoms with Gasteiger partial charge in [-0.15, -0.1) is 10.2 Å². The lowest BCUT2D eigenvalue weighted by atomic mass is 10.2. The van der Waals surface area contributed by atoms with E-state index < -0.39 is 0 Å². The van der Waals surface area contributed by atoms with Crippen molar-refractivity contribution in [3.63, 3.8) is 0 Å². The molecule has 1 heterocycles. The zero-order valence-electron chi connectivity index (χ0n) is 11.5. The molecule has 4 nitrogen and oxygen atoms in total.